The minimum absolute atomic E-state index is 0.0499. The number of amides is 1. The molecule has 9 heteroatoms. The van der Waals surface area contributed by atoms with Crippen molar-refractivity contribution in [2.75, 3.05) is 18.9 Å². The van der Waals surface area contributed by atoms with Gasteiger partial charge >= 0.3 is 0 Å². The molecule has 4 rings (SSSR count). The Hall–Kier alpha value is -3.04. The lowest BCUT2D eigenvalue weighted by atomic mass is 10.2. The number of aromatic nitrogens is 1. The van der Waals surface area contributed by atoms with Gasteiger partial charge in [0, 0.05) is 32.1 Å². The Balaban J connectivity index is 1.51. The number of nitrogens with one attached hydrogen (secondary N) is 1. The van der Waals surface area contributed by atoms with Gasteiger partial charge in [0.25, 0.3) is 15.9 Å². The fourth-order valence-corrected chi connectivity index (χ4v) is 5.67. The van der Waals surface area contributed by atoms with Crippen LogP contribution < -0.4 is 5.32 Å². The minimum atomic E-state index is -3.85. The smallest absolute Gasteiger partial charge is 0.284 e. The maximum absolute atomic E-state index is 12.9. The van der Waals surface area contributed by atoms with Crippen molar-refractivity contribution in [1.82, 2.24) is 9.88 Å². The lowest BCUT2D eigenvalue weighted by Crippen LogP contribution is -2.20. The number of carbonyl (C=O) groups excluding carboxylic acids is 1. The fraction of sp³-hybridized carbons (Fsp3) is 0.261. The van der Waals surface area contributed by atoms with E-state index in [2.05, 4.69) is 14.7 Å². The molecule has 1 fully saturated rings. The van der Waals surface area contributed by atoms with E-state index >= 15 is 0 Å². The number of hydrogen-bond donors (Lipinski definition) is 1. The number of amidine groups is 1. The molecule has 2 heterocycles. The molecule has 1 N–H and O–H groups in total. The second-order valence-electron chi connectivity index (χ2n) is 7.67. The van der Waals surface area contributed by atoms with Gasteiger partial charge in [0.1, 0.15) is 10.7 Å². The van der Waals surface area contributed by atoms with Gasteiger partial charge in [-0.05, 0) is 37.1 Å². The zero-order valence-corrected chi connectivity index (χ0v) is 19.5. The van der Waals surface area contributed by atoms with Crippen LogP contribution in [0.25, 0.3) is 0 Å². The molecule has 0 saturated carbocycles. The Morgan fingerprint density at radius 3 is 2.69 bits per heavy atom. The number of likely N-dealkylation sites (tertiary alicyclic amines) is 1. The van der Waals surface area contributed by atoms with E-state index in [0.29, 0.717) is 34.9 Å². The van der Waals surface area contributed by atoms with Gasteiger partial charge in [0.05, 0.1) is 15.6 Å². The number of hydrogen-bond acceptors (Lipinski definition) is 5. The van der Waals surface area contributed by atoms with Crippen LogP contribution in [-0.2, 0) is 16.4 Å². The number of benzene rings is 2. The van der Waals surface area contributed by atoms with Crippen LogP contribution in [0.3, 0.4) is 0 Å². The van der Waals surface area contributed by atoms with Crippen LogP contribution in [0.4, 0.5) is 5.69 Å². The molecule has 3 aromatic rings. The van der Waals surface area contributed by atoms with Gasteiger partial charge in [-0.1, -0.05) is 36.4 Å². The van der Waals surface area contributed by atoms with Crippen molar-refractivity contribution >= 4 is 38.8 Å². The Bertz CT molecular complexity index is 1270. The molecule has 1 aromatic heterocycles. The zero-order chi connectivity index (χ0) is 22.7. The number of rotatable bonds is 6. The summed E-state index contributed by atoms with van der Waals surface area (Å²) in [5.74, 6) is 0.251. The first-order chi connectivity index (χ1) is 15.3. The zero-order valence-electron chi connectivity index (χ0n) is 17.9. The average molecular weight is 469 g/mol. The van der Waals surface area contributed by atoms with Gasteiger partial charge in [0.2, 0.25) is 0 Å². The summed E-state index contributed by atoms with van der Waals surface area (Å²) in [6.07, 6.45) is 2.19. The summed E-state index contributed by atoms with van der Waals surface area (Å²) < 4.78 is 29.5. The van der Waals surface area contributed by atoms with Crippen molar-refractivity contribution in [3.8, 4) is 0 Å². The van der Waals surface area contributed by atoms with E-state index in [1.165, 1.54) is 23.5 Å². The van der Waals surface area contributed by atoms with Crippen LogP contribution in [0.2, 0.25) is 0 Å². The van der Waals surface area contributed by atoms with Gasteiger partial charge in [0.15, 0.2) is 0 Å². The average Bonchev–Trinajstić information content (AvgIpc) is 3.33. The normalized spacial score (nSPS) is 15.3. The molecule has 0 spiro atoms. The van der Waals surface area contributed by atoms with Gasteiger partial charge < -0.3 is 10.2 Å². The van der Waals surface area contributed by atoms with E-state index in [0.717, 1.165) is 23.5 Å². The summed E-state index contributed by atoms with van der Waals surface area (Å²) in [5, 5.41) is 3.65. The predicted octanol–water partition coefficient (Wildman–Crippen LogP) is 4.11. The maximum atomic E-state index is 12.9. The maximum Gasteiger partial charge on any atom is 0.284 e. The van der Waals surface area contributed by atoms with Crippen molar-refractivity contribution < 1.29 is 13.2 Å². The summed E-state index contributed by atoms with van der Waals surface area (Å²) in [6, 6.07) is 16.1. The number of nitrogens with zero attached hydrogens (tertiary/aromatic N) is 3. The Morgan fingerprint density at radius 2 is 1.97 bits per heavy atom. The standard InChI is InChI=1S/C23H24N4O3S2/c1-16-22(31-21(24-16)14-17-8-4-3-5-9-17)23(28)25-18-10-6-11-19(15-18)32(29,30)26-20-12-7-13-27(20)2/h3-6,8-11,15H,7,12-14H2,1-2H3,(H,25,28)/b26-20+. The summed E-state index contributed by atoms with van der Waals surface area (Å²) in [4.78, 5) is 19.8. The highest BCUT2D eigenvalue weighted by Gasteiger charge is 2.21. The Kier molecular flexibility index (Phi) is 6.38. The molecular formula is C23H24N4O3S2. The molecule has 0 atom stereocenters. The lowest BCUT2D eigenvalue weighted by Gasteiger charge is -2.11. The first-order valence-corrected chi connectivity index (χ1v) is 12.5. The van der Waals surface area contributed by atoms with Crippen LogP contribution in [0.15, 0.2) is 63.9 Å². The van der Waals surface area contributed by atoms with E-state index in [1.54, 1.807) is 19.1 Å². The number of sulfonamides is 1. The van der Waals surface area contributed by atoms with Crippen LogP contribution in [-0.4, -0.2) is 43.6 Å². The van der Waals surface area contributed by atoms with Crippen molar-refractivity contribution in [2.45, 2.75) is 31.1 Å². The first-order valence-electron chi connectivity index (χ1n) is 10.3. The Morgan fingerprint density at radius 1 is 1.19 bits per heavy atom. The highest BCUT2D eigenvalue weighted by molar-refractivity contribution is 7.90. The molecular weight excluding hydrogens is 444 g/mol. The summed E-state index contributed by atoms with van der Waals surface area (Å²) in [7, 11) is -2.02. The van der Waals surface area contributed by atoms with Crippen LogP contribution >= 0.6 is 11.3 Å². The molecule has 32 heavy (non-hydrogen) atoms. The second-order valence-corrected chi connectivity index (χ2v) is 10.4. The third-order valence-electron chi connectivity index (χ3n) is 5.20. The fourth-order valence-electron chi connectivity index (χ4n) is 3.53. The molecule has 1 saturated heterocycles. The van der Waals surface area contributed by atoms with Crippen LogP contribution in [0, 0.1) is 6.92 Å². The van der Waals surface area contributed by atoms with Gasteiger partial charge in [-0.2, -0.15) is 8.42 Å². The van der Waals surface area contributed by atoms with E-state index in [4.69, 9.17) is 0 Å². The predicted molar refractivity (Wildman–Crippen MR) is 127 cm³/mol. The van der Waals surface area contributed by atoms with Crippen molar-refractivity contribution in [1.29, 1.82) is 0 Å². The molecule has 166 valence electrons. The molecule has 2 aromatic carbocycles. The number of carbonyl (C=O) groups is 1. The summed E-state index contributed by atoms with van der Waals surface area (Å²) in [6.45, 7) is 2.60. The number of aryl methyl sites for hydroxylation is 1. The van der Waals surface area contributed by atoms with Crippen molar-refractivity contribution in [2.24, 2.45) is 4.40 Å². The second kappa shape index (κ2) is 9.22. The monoisotopic (exact) mass is 468 g/mol. The quantitative estimate of drug-likeness (QED) is 0.588. The van der Waals surface area contributed by atoms with E-state index in [1.807, 2.05) is 42.3 Å². The Labute approximate surface area is 191 Å². The van der Waals surface area contributed by atoms with Gasteiger partial charge in [-0.15, -0.1) is 15.7 Å². The van der Waals surface area contributed by atoms with Crippen molar-refractivity contribution in [3.05, 3.63) is 75.7 Å². The molecule has 1 aliphatic rings. The van der Waals surface area contributed by atoms with E-state index < -0.39 is 10.0 Å². The van der Waals surface area contributed by atoms with Crippen LogP contribution in [0.1, 0.15) is 38.8 Å². The third-order valence-corrected chi connectivity index (χ3v) is 7.65. The summed E-state index contributed by atoms with van der Waals surface area (Å²) >= 11 is 1.34. The van der Waals surface area contributed by atoms with Crippen LogP contribution in [0.5, 0.6) is 0 Å². The minimum Gasteiger partial charge on any atom is -0.362 e. The van der Waals surface area contributed by atoms with Gasteiger partial charge in [-0.25, -0.2) is 4.98 Å². The molecule has 0 bridgehead atoms. The number of anilines is 1. The third kappa shape index (κ3) is 5.05. The highest BCUT2D eigenvalue weighted by Crippen LogP contribution is 2.24. The molecule has 0 radical (unpaired) electrons. The lowest BCUT2D eigenvalue weighted by molar-refractivity contribution is 0.102. The summed E-state index contributed by atoms with van der Waals surface area (Å²) in [5.41, 5.74) is 2.17. The topological polar surface area (TPSA) is 91.7 Å². The molecule has 1 aliphatic heterocycles. The molecule has 0 aliphatic carbocycles. The molecule has 7 nitrogen and oxygen atoms in total. The SMILES string of the molecule is Cc1nc(Cc2ccccc2)sc1C(=O)Nc1cccc(S(=O)(=O)/N=C2\CCCN2C)c1. The number of thiazole rings is 1. The van der Waals surface area contributed by atoms with E-state index in [-0.39, 0.29) is 10.8 Å². The van der Waals surface area contributed by atoms with Crippen molar-refractivity contribution in [3.63, 3.8) is 0 Å². The largest absolute Gasteiger partial charge is 0.362 e. The molecule has 0 unspecified atom stereocenters. The van der Waals surface area contributed by atoms with E-state index in [9.17, 15) is 13.2 Å². The first kappa shape index (κ1) is 22.2. The van der Waals surface area contributed by atoms with Gasteiger partial charge in [-0.3, -0.25) is 4.79 Å². The molecule has 1 amide bonds. The highest BCUT2D eigenvalue weighted by atomic mass is 32.2.